The highest BCUT2D eigenvalue weighted by Crippen LogP contribution is 2.32. The molecule has 1 unspecified atom stereocenters. The molecule has 252 valence electrons. The van der Waals surface area contributed by atoms with E-state index in [2.05, 4.69) is 5.32 Å². The Labute approximate surface area is 281 Å². The van der Waals surface area contributed by atoms with Crippen LogP contribution in [0.5, 0.6) is 23.0 Å². The molecule has 0 radical (unpaired) electrons. The smallest absolute Gasteiger partial charge is 0.336 e. The van der Waals surface area contributed by atoms with Crippen molar-refractivity contribution in [2.24, 2.45) is 0 Å². The Kier molecular flexibility index (Phi) is 10.1. The van der Waals surface area contributed by atoms with Gasteiger partial charge in [-0.05, 0) is 83.9 Å². The summed E-state index contributed by atoms with van der Waals surface area (Å²) in [6, 6.07) is 24.0. The molecule has 0 saturated heterocycles. The number of nitro groups is 2. The maximum Gasteiger partial charge on any atom is 0.336 e. The minimum absolute atomic E-state index is 0.00680. The molecule has 16 nitrogen and oxygen atoms in total. The van der Waals surface area contributed by atoms with E-state index in [4.69, 9.17) is 9.47 Å². The Hall–Kier alpha value is -7.17. The zero-order valence-electron chi connectivity index (χ0n) is 25.4. The van der Waals surface area contributed by atoms with Crippen LogP contribution in [-0.4, -0.2) is 43.1 Å². The number of aromatic carboxylic acids is 2. The Morgan fingerprint density at radius 1 is 0.600 bits per heavy atom. The number of benzene rings is 5. The third kappa shape index (κ3) is 7.85. The monoisotopic (exact) mass is 680 g/mol. The molecule has 1 amide bonds. The SMILES string of the molecule is O=C(O)c1ccc([N+](=O)[O-])cc1C(=O)Nc1ccc(Oc2ccc(Oc3ccc(C(NO)c4cc([N+](=O)[O-])ccc4C(=O)O)cc3)cc2)cc1. The van der Waals surface area contributed by atoms with Crippen LogP contribution in [0.1, 0.15) is 48.2 Å². The first kappa shape index (κ1) is 34.2. The average Bonchev–Trinajstić information content (AvgIpc) is 3.10. The molecule has 0 bridgehead atoms. The number of carbonyl (C=O) groups excluding carboxylic acids is 1. The molecule has 0 heterocycles. The highest BCUT2D eigenvalue weighted by atomic mass is 16.6. The van der Waals surface area contributed by atoms with Crippen molar-refractivity contribution >= 4 is 34.9 Å². The Bertz CT molecular complexity index is 2100. The summed E-state index contributed by atoms with van der Waals surface area (Å²) in [5.74, 6) is -1.90. The molecule has 50 heavy (non-hydrogen) atoms. The Morgan fingerprint density at radius 2 is 1.04 bits per heavy atom. The van der Waals surface area contributed by atoms with Crippen molar-refractivity contribution in [1.29, 1.82) is 0 Å². The van der Waals surface area contributed by atoms with E-state index in [1.165, 1.54) is 12.1 Å². The fourth-order valence-corrected chi connectivity index (χ4v) is 4.82. The van der Waals surface area contributed by atoms with Crippen LogP contribution < -0.4 is 20.3 Å². The summed E-state index contributed by atoms with van der Waals surface area (Å²) in [6.45, 7) is 0. The lowest BCUT2D eigenvalue weighted by Crippen LogP contribution is -2.21. The molecule has 16 heteroatoms. The van der Waals surface area contributed by atoms with Crippen molar-refractivity contribution < 1.29 is 49.1 Å². The van der Waals surface area contributed by atoms with E-state index in [0.29, 0.717) is 28.6 Å². The van der Waals surface area contributed by atoms with Crippen LogP contribution in [0.2, 0.25) is 0 Å². The predicted octanol–water partition coefficient (Wildman–Crippen LogP) is 6.80. The van der Waals surface area contributed by atoms with Gasteiger partial charge in [0.15, 0.2) is 0 Å². The summed E-state index contributed by atoms with van der Waals surface area (Å²) in [6.07, 6.45) is 0. The second kappa shape index (κ2) is 14.7. The normalized spacial score (nSPS) is 11.2. The number of carbonyl (C=O) groups is 3. The highest BCUT2D eigenvalue weighted by Gasteiger charge is 2.24. The maximum atomic E-state index is 12.7. The third-order valence-electron chi connectivity index (χ3n) is 7.23. The topological polar surface area (TPSA) is 241 Å². The van der Waals surface area contributed by atoms with Crippen molar-refractivity contribution in [3.63, 3.8) is 0 Å². The number of carboxylic acids is 2. The van der Waals surface area contributed by atoms with Gasteiger partial charge >= 0.3 is 11.9 Å². The average molecular weight is 681 g/mol. The first-order valence-electron chi connectivity index (χ1n) is 14.3. The fourth-order valence-electron chi connectivity index (χ4n) is 4.82. The van der Waals surface area contributed by atoms with Crippen molar-refractivity contribution in [3.8, 4) is 23.0 Å². The second-order valence-corrected chi connectivity index (χ2v) is 10.4. The molecule has 0 fully saturated rings. The van der Waals surface area contributed by atoms with Gasteiger partial charge in [-0.2, -0.15) is 5.48 Å². The Morgan fingerprint density at radius 3 is 1.50 bits per heavy atom. The molecule has 5 aromatic rings. The number of rotatable bonds is 13. The molecule has 0 saturated carbocycles. The van der Waals surface area contributed by atoms with E-state index >= 15 is 0 Å². The summed E-state index contributed by atoms with van der Waals surface area (Å²) in [4.78, 5) is 57.0. The molecule has 0 spiro atoms. The molecule has 5 N–H and O–H groups in total. The number of hydrogen-bond acceptors (Lipinski definition) is 11. The van der Waals surface area contributed by atoms with Crippen LogP contribution in [0.25, 0.3) is 0 Å². The number of carboxylic acid groups (broad SMARTS) is 2. The summed E-state index contributed by atoms with van der Waals surface area (Å²) >= 11 is 0. The molecule has 0 aliphatic heterocycles. The Balaban J connectivity index is 1.22. The second-order valence-electron chi connectivity index (χ2n) is 10.4. The fraction of sp³-hybridized carbons (Fsp3) is 0.0294. The first-order chi connectivity index (χ1) is 23.9. The number of non-ortho nitro benzene ring substituents is 2. The molecule has 1 atom stereocenters. The van der Waals surface area contributed by atoms with Crippen molar-refractivity contribution in [2.75, 3.05) is 5.32 Å². The first-order valence-corrected chi connectivity index (χ1v) is 14.3. The summed E-state index contributed by atoms with van der Waals surface area (Å²) < 4.78 is 11.7. The number of hydroxylamine groups is 1. The molecule has 5 rings (SSSR count). The maximum absolute atomic E-state index is 12.7. The number of amides is 1. The van der Waals surface area contributed by atoms with E-state index in [-0.39, 0.29) is 33.6 Å². The van der Waals surface area contributed by atoms with Gasteiger partial charge in [-0.25, -0.2) is 9.59 Å². The van der Waals surface area contributed by atoms with E-state index < -0.39 is 39.4 Å². The molecule has 5 aromatic carbocycles. The van der Waals surface area contributed by atoms with Gasteiger partial charge < -0.3 is 30.2 Å². The van der Waals surface area contributed by atoms with E-state index in [9.17, 15) is 50.0 Å². The van der Waals surface area contributed by atoms with Gasteiger partial charge in [0.25, 0.3) is 17.3 Å². The lowest BCUT2D eigenvalue weighted by atomic mass is 9.94. The van der Waals surface area contributed by atoms with Crippen LogP contribution in [0.3, 0.4) is 0 Å². The molecule has 0 aliphatic carbocycles. The van der Waals surface area contributed by atoms with Gasteiger partial charge in [-0.1, -0.05) is 12.1 Å². The van der Waals surface area contributed by atoms with E-state index in [1.54, 1.807) is 60.7 Å². The molecule has 0 aliphatic rings. The number of ether oxygens (including phenoxy) is 2. The number of nitrogens with zero attached hydrogens (tertiary/aromatic N) is 2. The number of hydrogen-bond donors (Lipinski definition) is 5. The lowest BCUT2D eigenvalue weighted by Gasteiger charge is -2.18. The summed E-state index contributed by atoms with van der Waals surface area (Å²) in [5.41, 5.74) is 0.962. The molecular formula is C34H24N4O12. The van der Waals surface area contributed by atoms with Gasteiger partial charge in [0.2, 0.25) is 0 Å². The zero-order chi connectivity index (χ0) is 35.9. The van der Waals surface area contributed by atoms with Crippen LogP contribution in [0.4, 0.5) is 17.1 Å². The van der Waals surface area contributed by atoms with Crippen molar-refractivity contribution in [2.45, 2.75) is 6.04 Å². The molecule has 0 aromatic heterocycles. The minimum atomic E-state index is -1.41. The number of nitrogens with one attached hydrogen (secondary N) is 2. The largest absolute Gasteiger partial charge is 0.478 e. The van der Waals surface area contributed by atoms with Gasteiger partial charge in [0, 0.05) is 30.0 Å². The van der Waals surface area contributed by atoms with Crippen LogP contribution in [-0.2, 0) is 0 Å². The number of anilines is 1. The third-order valence-corrected chi connectivity index (χ3v) is 7.23. The van der Waals surface area contributed by atoms with Gasteiger partial charge in [-0.3, -0.25) is 25.0 Å². The van der Waals surface area contributed by atoms with Gasteiger partial charge in [0.1, 0.15) is 23.0 Å². The summed E-state index contributed by atoms with van der Waals surface area (Å²) in [7, 11) is 0. The summed E-state index contributed by atoms with van der Waals surface area (Å²) in [5, 5.41) is 53.6. The minimum Gasteiger partial charge on any atom is -0.478 e. The van der Waals surface area contributed by atoms with Gasteiger partial charge in [-0.15, -0.1) is 0 Å². The highest BCUT2D eigenvalue weighted by molar-refractivity contribution is 6.11. The van der Waals surface area contributed by atoms with Crippen LogP contribution in [0, 0.1) is 20.2 Å². The zero-order valence-corrected chi connectivity index (χ0v) is 25.4. The van der Waals surface area contributed by atoms with Crippen LogP contribution >= 0.6 is 0 Å². The number of nitro benzene ring substituents is 2. The predicted molar refractivity (Wildman–Crippen MR) is 174 cm³/mol. The molecular weight excluding hydrogens is 656 g/mol. The lowest BCUT2D eigenvalue weighted by molar-refractivity contribution is -0.385. The quantitative estimate of drug-likeness (QED) is 0.0635. The van der Waals surface area contributed by atoms with Crippen LogP contribution in [0.15, 0.2) is 109 Å². The standard InChI is InChI=1S/C34H24N4O12/c39-32(30-18-22(38(47)48)6-16-28(30)34(42)43)35-20-3-9-24(10-4-20)50-26-13-11-25(12-14-26)49-23-7-1-19(2-8-23)31(36-44)29-17-21(37(45)46)5-15-27(29)33(40)41/h1-18,31,36,44H,(H,35,39)(H,40,41)(H,42,43). The van der Waals surface area contributed by atoms with Crippen molar-refractivity contribution in [1.82, 2.24) is 5.48 Å². The van der Waals surface area contributed by atoms with Crippen molar-refractivity contribution in [3.05, 3.63) is 157 Å². The van der Waals surface area contributed by atoms with Gasteiger partial charge in [0.05, 0.1) is 32.6 Å². The van der Waals surface area contributed by atoms with E-state index in [1.807, 2.05) is 5.48 Å². The van der Waals surface area contributed by atoms with E-state index in [0.717, 1.165) is 36.4 Å².